The number of nitrogens with zero attached hydrogens (tertiary/aromatic N) is 2. The number of nitrogens with one attached hydrogen (secondary N) is 1. The Morgan fingerprint density at radius 3 is 2.10 bits per heavy atom. The van der Waals surface area contributed by atoms with Crippen LogP contribution in [0.1, 0.15) is 0 Å². The van der Waals surface area contributed by atoms with Crippen LogP contribution in [0.25, 0.3) is 0 Å². The van der Waals surface area contributed by atoms with Gasteiger partial charge >= 0.3 is 5.69 Å². The summed E-state index contributed by atoms with van der Waals surface area (Å²) in [5.74, 6) is -2.81. The molecule has 14 heteroatoms. The minimum absolute atomic E-state index is 0.146. The molecular weight excluding hydrogens is 448 g/mol. The fraction of sp³-hybridized carbons (Fsp3) is 0.250. The van der Waals surface area contributed by atoms with Crippen molar-refractivity contribution in [2.24, 2.45) is 0 Å². The topological polar surface area (TPSA) is 136 Å². The van der Waals surface area contributed by atoms with Crippen LogP contribution in [0, 0.1) is 21.7 Å². The van der Waals surface area contributed by atoms with Crippen LogP contribution >= 0.6 is 0 Å². The molecule has 0 aliphatic carbocycles. The van der Waals surface area contributed by atoms with Crippen molar-refractivity contribution in [2.45, 2.75) is 9.79 Å². The monoisotopic (exact) mass is 463 g/mol. The molecule has 0 amide bonds. The number of morpholine rings is 1. The van der Waals surface area contributed by atoms with Crippen LogP contribution in [0.4, 0.5) is 20.2 Å². The maximum atomic E-state index is 13.9. The molecule has 0 unspecified atom stereocenters. The van der Waals surface area contributed by atoms with Crippen molar-refractivity contribution in [1.29, 1.82) is 0 Å². The molecule has 0 bridgehead atoms. The number of anilines is 1. The van der Waals surface area contributed by atoms with E-state index in [2.05, 4.69) is 0 Å². The van der Waals surface area contributed by atoms with E-state index in [1.54, 1.807) is 4.72 Å². The van der Waals surface area contributed by atoms with Crippen molar-refractivity contribution in [2.75, 3.05) is 31.0 Å². The predicted molar refractivity (Wildman–Crippen MR) is 99.8 cm³/mol. The molecular formula is C16H15F2N3O7S2. The third kappa shape index (κ3) is 4.40. The summed E-state index contributed by atoms with van der Waals surface area (Å²) in [6, 6.07) is 4.73. The molecule has 30 heavy (non-hydrogen) atoms. The molecule has 162 valence electrons. The average Bonchev–Trinajstić information content (AvgIpc) is 2.70. The Bertz CT molecular complexity index is 1180. The van der Waals surface area contributed by atoms with Crippen molar-refractivity contribution >= 4 is 31.4 Å². The number of sulfonamides is 2. The highest BCUT2D eigenvalue weighted by Gasteiger charge is 2.27. The molecule has 1 fully saturated rings. The van der Waals surface area contributed by atoms with E-state index in [-0.39, 0.29) is 37.3 Å². The molecule has 2 aromatic rings. The summed E-state index contributed by atoms with van der Waals surface area (Å²) in [5.41, 5.74) is -1.94. The lowest BCUT2D eigenvalue weighted by Gasteiger charge is -2.26. The van der Waals surface area contributed by atoms with Gasteiger partial charge < -0.3 is 4.74 Å². The van der Waals surface area contributed by atoms with Gasteiger partial charge in [0.1, 0.15) is 0 Å². The van der Waals surface area contributed by atoms with Gasteiger partial charge in [0.15, 0.2) is 5.82 Å². The largest absolute Gasteiger partial charge is 0.379 e. The Morgan fingerprint density at radius 1 is 0.967 bits per heavy atom. The molecule has 1 saturated heterocycles. The average molecular weight is 463 g/mol. The normalized spacial score (nSPS) is 15.7. The Labute approximate surface area is 170 Å². The van der Waals surface area contributed by atoms with Crippen LogP contribution in [-0.2, 0) is 24.8 Å². The predicted octanol–water partition coefficient (Wildman–Crippen LogP) is 1.69. The van der Waals surface area contributed by atoms with Crippen LogP contribution in [0.2, 0.25) is 0 Å². The summed E-state index contributed by atoms with van der Waals surface area (Å²) in [6.07, 6.45) is 0. The van der Waals surface area contributed by atoms with E-state index in [0.717, 1.165) is 24.3 Å². The SMILES string of the molecule is O=[N+]([O-])c1cc(NS(=O)(=O)c2ccc(S(=O)(=O)N3CCOCC3)cc2)c(F)cc1F. The molecule has 0 atom stereocenters. The van der Waals surface area contributed by atoms with Crippen LogP contribution in [0.5, 0.6) is 0 Å². The zero-order chi connectivity index (χ0) is 22.1. The maximum Gasteiger partial charge on any atom is 0.307 e. The van der Waals surface area contributed by atoms with Crippen LogP contribution in [-0.4, -0.2) is 52.4 Å². The Balaban J connectivity index is 1.87. The van der Waals surface area contributed by atoms with Gasteiger partial charge in [0.2, 0.25) is 15.8 Å². The van der Waals surface area contributed by atoms with Gasteiger partial charge in [-0.2, -0.15) is 8.70 Å². The Morgan fingerprint density at radius 2 is 1.53 bits per heavy atom. The Hall–Kier alpha value is -2.68. The standard InChI is InChI=1S/C16H15F2N3O7S2/c17-13-9-14(18)16(21(22)23)10-15(13)19-29(24,25)11-1-3-12(4-2-11)30(26,27)20-5-7-28-8-6-20/h1-4,9-10,19H,5-8H2. The number of halogens is 2. The van der Waals surface area contributed by atoms with E-state index >= 15 is 0 Å². The molecule has 0 spiro atoms. The smallest absolute Gasteiger partial charge is 0.307 e. The number of nitro groups is 1. The molecule has 10 nitrogen and oxygen atoms in total. The highest BCUT2D eigenvalue weighted by atomic mass is 32.2. The third-order valence-electron chi connectivity index (χ3n) is 4.22. The van der Waals surface area contributed by atoms with E-state index in [1.807, 2.05) is 0 Å². The summed E-state index contributed by atoms with van der Waals surface area (Å²) >= 11 is 0. The van der Waals surface area contributed by atoms with Crippen LogP contribution in [0.3, 0.4) is 0 Å². The van der Waals surface area contributed by atoms with Gasteiger partial charge in [0, 0.05) is 25.2 Å². The van der Waals surface area contributed by atoms with Crippen molar-refractivity contribution in [3.05, 3.63) is 58.1 Å². The van der Waals surface area contributed by atoms with Crippen LogP contribution < -0.4 is 4.72 Å². The van der Waals surface area contributed by atoms with Gasteiger partial charge in [0.25, 0.3) is 10.0 Å². The fourth-order valence-electron chi connectivity index (χ4n) is 2.69. The van der Waals surface area contributed by atoms with E-state index in [1.165, 1.54) is 4.31 Å². The highest BCUT2D eigenvalue weighted by Crippen LogP contribution is 2.27. The first-order chi connectivity index (χ1) is 14.0. The van der Waals surface area contributed by atoms with Gasteiger partial charge in [-0.05, 0) is 24.3 Å². The number of hydrogen-bond donors (Lipinski definition) is 1. The molecule has 1 aliphatic rings. The minimum atomic E-state index is -4.44. The van der Waals surface area contributed by atoms with Gasteiger partial charge in [-0.1, -0.05) is 0 Å². The second-order valence-electron chi connectivity index (χ2n) is 6.13. The quantitative estimate of drug-likeness (QED) is 0.509. The maximum absolute atomic E-state index is 13.9. The molecule has 2 aromatic carbocycles. The van der Waals surface area contributed by atoms with Gasteiger partial charge in [-0.3, -0.25) is 14.8 Å². The van der Waals surface area contributed by atoms with E-state index < -0.39 is 52.9 Å². The lowest BCUT2D eigenvalue weighted by atomic mass is 10.2. The molecule has 0 saturated carbocycles. The summed E-state index contributed by atoms with van der Waals surface area (Å²) in [7, 11) is -8.29. The summed E-state index contributed by atoms with van der Waals surface area (Å²) in [4.78, 5) is 9.09. The zero-order valence-corrected chi connectivity index (χ0v) is 16.8. The van der Waals surface area contributed by atoms with Crippen molar-refractivity contribution in [3.63, 3.8) is 0 Å². The number of rotatable bonds is 6. The minimum Gasteiger partial charge on any atom is -0.379 e. The van der Waals surface area contributed by atoms with Gasteiger partial charge in [-0.15, -0.1) is 0 Å². The Kier molecular flexibility index (Phi) is 6.03. The molecule has 3 rings (SSSR count). The van der Waals surface area contributed by atoms with E-state index in [9.17, 15) is 35.7 Å². The van der Waals surface area contributed by atoms with Crippen molar-refractivity contribution in [3.8, 4) is 0 Å². The van der Waals surface area contributed by atoms with E-state index in [4.69, 9.17) is 4.74 Å². The summed E-state index contributed by atoms with van der Waals surface area (Å²) in [5, 5.41) is 10.8. The van der Waals surface area contributed by atoms with Crippen molar-refractivity contribution < 1.29 is 35.3 Å². The molecule has 1 aliphatic heterocycles. The second kappa shape index (κ2) is 8.22. The number of nitro benzene ring substituents is 1. The number of benzene rings is 2. The first kappa shape index (κ1) is 22.0. The first-order valence-corrected chi connectivity index (χ1v) is 11.3. The fourth-order valence-corrected chi connectivity index (χ4v) is 5.15. The highest BCUT2D eigenvalue weighted by molar-refractivity contribution is 7.92. The lowest BCUT2D eigenvalue weighted by molar-refractivity contribution is -0.387. The van der Waals surface area contributed by atoms with Gasteiger partial charge in [-0.25, -0.2) is 21.2 Å². The van der Waals surface area contributed by atoms with Gasteiger partial charge in [0.05, 0.1) is 33.6 Å². The first-order valence-electron chi connectivity index (χ1n) is 8.36. The summed E-state index contributed by atoms with van der Waals surface area (Å²) < 4.78 is 85.5. The van der Waals surface area contributed by atoms with Crippen molar-refractivity contribution in [1.82, 2.24) is 4.31 Å². The molecule has 1 heterocycles. The molecule has 0 radical (unpaired) electrons. The second-order valence-corrected chi connectivity index (χ2v) is 9.75. The summed E-state index contributed by atoms with van der Waals surface area (Å²) in [6.45, 7) is 0.801. The number of ether oxygens (including phenoxy) is 1. The third-order valence-corrected chi connectivity index (χ3v) is 7.51. The van der Waals surface area contributed by atoms with Crippen LogP contribution in [0.15, 0.2) is 46.2 Å². The zero-order valence-electron chi connectivity index (χ0n) is 15.1. The lowest BCUT2D eigenvalue weighted by Crippen LogP contribution is -2.40. The number of hydrogen-bond acceptors (Lipinski definition) is 7. The van der Waals surface area contributed by atoms with E-state index in [0.29, 0.717) is 6.07 Å². The molecule has 0 aromatic heterocycles. The molecule has 1 N–H and O–H groups in total.